The summed E-state index contributed by atoms with van der Waals surface area (Å²) in [6.07, 6.45) is 0.0494. The van der Waals surface area contributed by atoms with Crippen molar-refractivity contribution in [2.45, 2.75) is 29.5 Å². The second kappa shape index (κ2) is 7.78. The Balaban J connectivity index is 1.62. The van der Waals surface area contributed by atoms with E-state index < -0.39 is 11.1 Å². The number of nitrogens with one attached hydrogen (secondary N) is 2. The van der Waals surface area contributed by atoms with E-state index in [0.717, 1.165) is 10.6 Å². The standard InChI is InChI=1S/C19H19FN2O3S/c1-11(12-7-8-15(25-2)13(20)9-12)21-18(23)10-17-19(24)22-14-5-3-4-6-16(14)26-17/h3-9,11,17H,10H2,1-2H3,(H,21,23)(H,22,24). The number of carbonyl (C=O) groups excluding carboxylic acids is 2. The number of fused-ring (bicyclic) bond motifs is 1. The lowest BCUT2D eigenvalue weighted by atomic mass is 10.1. The molecule has 5 nitrogen and oxygen atoms in total. The third-order valence-corrected chi connectivity index (χ3v) is 5.41. The summed E-state index contributed by atoms with van der Waals surface area (Å²) in [6.45, 7) is 1.77. The fourth-order valence-electron chi connectivity index (χ4n) is 2.73. The second-order valence-electron chi connectivity index (χ2n) is 5.98. The number of anilines is 1. The van der Waals surface area contributed by atoms with Crippen molar-refractivity contribution in [2.75, 3.05) is 12.4 Å². The number of benzene rings is 2. The maximum atomic E-state index is 13.8. The Kier molecular flexibility index (Phi) is 5.46. The van der Waals surface area contributed by atoms with Gasteiger partial charge in [-0.1, -0.05) is 18.2 Å². The lowest BCUT2D eigenvalue weighted by Crippen LogP contribution is -2.35. The van der Waals surface area contributed by atoms with Gasteiger partial charge in [-0.2, -0.15) is 0 Å². The highest BCUT2D eigenvalue weighted by atomic mass is 32.2. The van der Waals surface area contributed by atoms with Gasteiger partial charge >= 0.3 is 0 Å². The van der Waals surface area contributed by atoms with Gasteiger partial charge in [0.25, 0.3) is 0 Å². The molecule has 2 atom stereocenters. The van der Waals surface area contributed by atoms with Crippen molar-refractivity contribution in [3.8, 4) is 5.75 Å². The van der Waals surface area contributed by atoms with Crippen molar-refractivity contribution in [1.29, 1.82) is 0 Å². The van der Waals surface area contributed by atoms with Gasteiger partial charge in [0.1, 0.15) is 0 Å². The van der Waals surface area contributed by atoms with E-state index in [2.05, 4.69) is 10.6 Å². The van der Waals surface area contributed by atoms with Crippen LogP contribution in [0.1, 0.15) is 24.9 Å². The van der Waals surface area contributed by atoms with E-state index in [-0.39, 0.29) is 30.0 Å². The maximum absolute atomic E-state index is 13.8. The Morgan fingerprint density at radius 1 is 1.35 bits per heavy atom. The van der Waals surface area contributed by atoms with Crippen molar-refractivity contribution in [3.05, 3.63) is 53.8 Å². The van der Waals surface area contributed by atoms with Gasteiger partial charge in [0.15, 0.2) is 11.6 Å². The van der Waals surface area contributed by atoms with Gasteiger partial charge in [-0.05, 0) is 36.8 Å². The zero-order valence-corrected chi connectivity index (χ0v) is 15.2. The van der Waals surface area contributed by atoms with Crippen LogP contribution in [-0.4, -0.2) is 24.2 Å². The number of halogens is 1. The Hall–Kier alpha value is -2.54. The minimum absolute atomic E-state index is 0.0494. The first-order valence-electron chi connectivity index (χ1n) is 8.17. The highest BCUT2D eigenvalue weighted by Crippen LogP contribution is 2.36. The first kappa shape index (κ1) is 18.3. The normalized spacial score (nSPS) is 17.0. The van der Waals surface area contributed by atoms with Gasteiger partial charge in [0, 0.05) is 11.3 Å². The van der Waals surface area contributed by atoms with Crippen LogP contribution in [-0.2, 0) is 9.59 Å². The number of rotatable bonds is 5. The number of amides is 2. The first-order chi connectivity index (χ1) is 12.5. The summed E-state index contributed by atoms with van der Waals surface area (Å²) in [5.74, 6) is -0.779. The number of hydrogen-bond acceptors (Lipinski definition) is 4. The van der Waals surface area contributed by atoms with Gasteiger partial charge in [-0.3, -0.25) is 9.59 Å². The van der Waals surface area contributed by atoms with Crippen LogP contribution in [0.5, 0.6) is 5.75 Å². The molecule has 1 aliphatic rings. The van der Waals surface area contributed by atoms with E-state index in [1.165, 1.54) is 31.0 Å². The van der Waals surface area contributed by atoms with E-state index in [1.807, 2.05) is 24.3 Å². The number of carbonyl (C=O) groups is 2. The molecule has 0 saturated carbocycles. The third kappa shape index (κ3) is 3.99. The van der Waals surface area contributed by atoms with E-state index in [9.17, 15) is 14.0 Å². The van der Waals surface area contributed by atoms with Crippen LogP contribution in [0.15, 0.2) is 47.4 Å². The molecular weight excluding hydrogens is 355 g/mol. The molecule has 26 heavy (non-hydrogen) atoms. The molecule has 2 unspecified atom stereocenters. The summed E-state index contributed by atoms with van der Waals surface area (Å²) in [5, 5.41) is 5.13. The average Bonchev–Trinajstić information content (AvgIpc) is 2.62. The van der Waals surface area contributed by atoms with Crippen molar-refractivity contribution in [3.63, 3.8) is 0 Å². The van der Waals surface area contributed by atoms with Gasteiger partial charge in [0.2, 0.25) is 11.8 Å². The molecule has 1 heterocycles. The molecule has 7 heteroatoms. The lowest BCUT2D eigenvalue weighted by molar-refractivity contribution is -0.124. The molecule has 2 aromatic rings. The van der Waals surface area contributed by atoms with E-state index in [4.69, 9.17) is 4.74 Å². The van der Waals surface area contributed by atoms with Crippen LogP contribution in [0.4, 0.5) is 10.1 Å². The van der Waals surface area contributed by atoms with E-state index in [0.29, 0.717) is 5.56 Å². The van der Waals surface area contributed by atoms with Gasteiger partial charge in [-0.15, -0.1) is 11.8 Å². The van der Waals surface area contributed by atoms with Crippen molar-refractivity contribution in [1.82, 2.24) is 5.32 Å². The van der Waals surface area contributed by atoms with Crippen LogP contribution in [0.3, 0.4) is 0 Å². The highest BCUT2D eigenvalue weighted by Gasteiger charge is 2.29. The molecule has 2 N–H and O–H groups in total. The predicted molar refractivity (Wildman–Crippen MR) is 98.8 cm³/mol. The van der Waals surface area contributed by atoms with Crippen LogP contribution in [0, 0.1) is 5.82 Å². The monoisotopic (exact) mass is 374 g/mol. The zero-order chi connectivity index (χ0) is 18.7. The predicted octanol–water partition coefficient (Wildman–Crippen LogP) is 3.51. The number of hydrogen-bond donors (Lipinski definition) is 2. The molecular formula is C19H19FN2O3S. The smallest absolute Gasteiger partial charge is 0.238 e. The van der Waals surface area contributed by atoms with E-state index in [1.54, 1.807) is 13.0 Å². The van der Waals surface area contributed by atoms with E-state index >= 15 is 0 Å². The summed E-state index contributed by atoms with van der Waals surface area (Å²) in [6, 6.07) is 11.7. The molecule has 0 bridgehead atoms. The quantitative estimate of drug-likeness (QED) is 0.840. The number of para-hydroxylation sites is 1. The van der Waals surface area contributed by atoms with Gasteiger partial charge < -0.3 is 15.4 Å². The highest BCUT2D eigenvalue weighted by molar-refractivity contribution is 8.01. The number of methoxy groups -OCH3 is 1. The number of thioether (sulfide) groups is 1. The van der Waals surface area contributed by atoms with Crippen LogP contribution < -0.4 is 15.4 Å². The second-order valence-corrected chi connectivity index (χ2v) is 7.22. The molecule has 2 aromatic carbocycles. The summed E-state index contributed by atoms with van der Waals surface area (Å²) < 4.78 is 18.7. The molecule has 1 aliphatic heterocycles. The molecule has 0 radical (unpaired) electrons. The van der Waals surface area contributed by atoms with Gasteiger partial charge in [-0.25, -0.2) is 4.39 Å². The fourth-order valence-corrected chi connectivity index (χ4v) is 3.84. The molecule has 0 spiro atoms. The minimum atomic E-state index is -0.496. The third-order valence-electron chi connectivity index (χ3n) is 4.13. The van der Waals surface area contributed by atoms with Crippen molar-refractivity contribution >= 4 is 29.3 Å². The van der Waals surface area contributed by atoms with Crippen LogP contribution in [0.25, 0.3) is 0 Å². The van der Waals surface area contributed by atoms with Gasteiger partial charge in [0.05, 0.1) is 24.1 Å². The SMILES string of the molecule is COc1ccc(C(C)NC(=O)CC2Sc3ccccc3NC2=O)cc1F. The lowest BCUT2D eigenvalue weighted by Gasteiger charge is -2.24. The average molecular weight is 374 g/mol. The molecule has 3 rings (SSSR count). The summed E-state index contributed by atoms with van der Waals surface area (Å²) >= 11 is 1.37. The molecule has 0 saturated heterocycles. The Morgan fingerprint density at radius 3 is 2.85 bits per heavy atom. The summed E-state index contributed by atoms with van der Waals surface area (Å²) in [5.41, 5.74) is 1.39. The minimum Gasteiger partial charge on any atom is -0.494 e. The van der Waals surface area contributed by atoms with Crippen molar-refractivity contribution in [2.24, 2.45) is 0 Å². The van der Waals surface area contributed by atoms with Crippen LogP contribution in [0.2, 0.25) is 0 Å². The molecule has 136 valence electrons. The largest absolute Gasteiger partial charge is 0.494 e. The first-order valence-corrected chi connectivity index (χ1v) is 9.05. The molecule has 0 aliphatic carbocycles. The zero-order valence-electron chi connectivity index (χ0n) is 14.4. The molecule has 0 aromatic heterocycles. The Morgan fingerprint density at radius 2 is 2.12 bits per heavy atom. The summed E-state index contributed by atoms with van der Waals surface area (Å²) in [7, 11) is 1.40. The maximum Gasteiger partial charge on any atom is 0.238 e. The Labute approximate surface area is 155 Å². The topological polar surface area (TPSA) is 67.4 Å². The molecule has 0 fully saturated rings. The van der Waals surface area contributed by atoms with Crippen LogP contribution >= 0.6 is 11.8 Å². The van der Waals surface area contributed by atoms with Crippen molar-refractivity contribution < 1.29 is 18.7 Å². The Bertz CT molecular complexity index is 843. The molecule has 2 amide bonds. The fraction of sp³-hybridized carbons (Fsp3) is 0.263. The summed E-state index contributed by atoms with van der Waals surface area (Å²) in [4.78, 5) is 25.5. The number of ether oxygens (including phenoxy) is 1.